The normalized spacial score (nSPS) is 18.7. The van der Waals surface area contributed by atoms with Gasteiger partial charge in [0.05, 0.1) is 22.9 Å². The Hall–Kier alpha value is -1.93. The van der Waals surface area contributed by atoms with Crippen molar-refractivity contribution in [2.75, 3.05) is 24.2 Å². The summed E-state index contributed by atoms with van der Waals surface area (Å²) in [5.74, 6) is -0.935. The summed E-state index contributed by atoms with van der Waals surface area (Å²) in [5, 5.41) is 5.70. The van der Waals surface area contributed by atoms with E-state index in [1.54, 1.807) is 31.2 Å². The van der Waals surface area contributed by atoms with Gasteiger partial charge in [0.15, 0.2) is 0 Å². The van der Waals surface area contributed by atoms with E-state index in [9.17, 15) is 18.0 Å². The Morgan fingerprint density at radius 3 is 2.52 bits per heavy atom. The van der Waals surface area contributed by atoms with Gasteiger partial charge >= 0.3 is 0 Å². The highest BCUT2D eigenvalue weighted by molar-refractivity contribution is 7.89. The van der Waals surface area contributed by atoms with Crippen molar-refractivity contribution in [3.63, 3.8) is 0 Å². The van der Waals surface area contributed by atoms with Gasteiger partial charge in [-0.3, -0.25) is 9.59 Å². The predicted octanol–water partition coefficient (Wildman–Crippen LogP) is 2.22. The monoisotopic (exact) mass is 395 g/mol. The number of hydrogen-bond donors (Lipinski definition) is 2. The van der Waals surface area contributed by atoms with E-state index in [4.69, 9.17) is 0 Å². The van der Waals surface area contributed by atoms with Crippen LogP contribution in [0.25, 0.3) is 0 Å². The van der Waals surface area contributed by atoms with Gasteiger partial charge in [-0.1, -0.05) is 12.1 Å². The summed E-state index contributed by atoms with van der Waals surface area (Å²) in [5.41, 5.74) is 0.418. The van der Waals surface area contributed by atoms with Gasteiger partial charge in [-0.2, -0.15) is 0 Å². The average Bonchev–Trinajstić information content (AvgIpc) is 2.60. The molecule has 0 aliphatic carbocycles. The third kappa shape index (κ3) is 5.77. The fraction of sp³-hybridized carbons (Fsp3) is 0.579. The highest BCUT2D eigenvalue weighted by Crippen LogP contribution is 2.23. The topological polar surface area (TPSA) is 95.6 Å². The summed E-state index contributed by atoms with van der Waals surface area (Å²) in [6, 6.07) is 6.83. The standard InChI is InChI=1S/C19H29N3O4S/c1-5-27(25,26)22-12-8-9-14(13-22)17(23)20-16-11-7-6-10-15(16)18(24)21-19(2,3)4/h6-7,10-11,14H,5,8-9,12-13H2,1-4H3,(H,20,23)(H,21,24)/t14-/m0/s1. The van der Waals surface area contributed by atoms with Crippen LogP contribution in [-0.4, -0.2) is 48.9 Å². The maximum absolute atomic E-state index is 12.7. The van der Waals surface area contributed by atoms with E-state index in [-0.39, 0.29) is 24.1 Å². The van der Waals surface area contributed by atoms with Gasteiger partial charge < -0.3 is 10.6 Å². The Morgan fingerprint density at radius 2 is 1.89 bits per heavy atom. The number of piperidine rings is 1. The lowest BCUT2D eigenvalue weighted by Crippen LogP contribution is -2.44. The van der Waals surface area contributed by atoms with E-state index in [0.29, 0.717) is 30.6 Å². The first-order chi connectivity index (χ1) is 12.5. The van der Waals surface area contributed by atoms with Crippen molar-refractivity contribution in [2.24, 2.45) is 5.92 Å². The molecular weight excluding hydrogens is 366 g/mol. The minimum absolute atomic E-state index is 0.0249. The Balaban J connectivity index is 2.13. The Labute approximate surface area is 161 Å². The van der Waals surface area contributed by atoms with Crippen LogP contribution >= 0.6 is 0 Å². The molecule has 2 N–H and O–H groups in total. The molecule has 2 rings (SSSR count). The zero-order valence-electron chi connectivity index (χ0n) is 16.4. The van der Waals surface area contributed by atoms with Crippen molar-refractivity contribution in [3.8, 4) is 0 Å². The molecule has 0 radical (unpaired) electrons. The average molecular weight is 396 g/mol. The number of nitrogens with one attached hydrogen (secondary N) is 2. The van der Waals surface area contributed by atoms with E-state index in [2.05, 4.69) is 10.6 Å². The Bertz CT molecular complexity index is 799. The van der Waals surface area contributed by atoms with Crippen molar-refractivity contribution >= 4 is 27.5 Å². The van der Waals surface area contributed by atoms with Gasteiger partial charge in [0.1, 0.15) is 0 Å². The molecule has 1 aromatic carbocycles. The highest BCUT2D eigenvalue weighted by atomic mass is 32.2. The van der Waals surface area contributed by atoms with Crippen LogP contribution < -0.4 is 10.6 Å². The molecule has 0 spiro atoms. The zero-order chi connectivity index (χ0) is 20.2. The van der Waals surface area contributed by atoms with Crippen LogP contribution in [0, 0.1) is 5.92 Å². The number of benzene rings is 1. The second kappa shape index (κ2) is 8.39. The molecule has 8 heteroatoms. The molecule has 0 unspecified atom stereocenters. The van der Waals surface area contributed by atoms with Crippen LogP contribution in [0.4, 0.5) is 5.69 Å². The van der Waals surface area contributed by atoms with Gasteiger partial charge in [0.25, 0.3) is 5.91 Å². The van der Waals surface area contributed by atoms with E-state index < -0.39 is 21.5 Å². The molecule has 2 amide bonds. The molecule has 1 fully saturated rings. The van der Waals surface area contributed by atoms with Crippen molar-refractivity contribution in [1.82, 2.24) is 9.62 Å². The van der Waals surface area contributed by atoms with E-state index in [0.717, 1.165) is 0 Å². The molecule has 1 aromatic rings. The van der Waals surface area contributed by atoms with Crippen molar-refractivity contribution in [1.29, 1.82) is 0 Å². The molecule has 1 aliphatic rings. The second-order valence-electron chi connectivity index (χ2n) is 7.84. The Kier molecular flexibility index (Phi) is 6.64. The molecule has 1 aliphatic heterocycles. The lowest BCUT2D eigenvalue weighted by Gasteiger charge is -2.31. The summed E-state index contributed by atoms with van der Waals surface area (Å²) in [6.07, 6.45) is 1.27. The van der Waals surface area contributed by atoms with Gasteiger partial charge in [-0.15, -0.1) is 0 Å². The highest BCUT2D eigenvalue weighted by Gasteiger charge is 2.32. The van der Waals surface area contributed by atoms with Gasteiger partial charge in [0.2, 0.25) is 15.9 Å². The van der Waals surface area contributed by atoms with Gasteiger partial charge in [0, 0.05) is 18.6 Å². The SMILES string of the molecule is CCS(=O)(=O)N1CCC[C@H](C(=O)Nc2ccccc2C(=O)NC(C)(C)C)C1. The number of rotatable bonds is 5. The van der Waals surface area contributed by atoms with E-state index in [1.165, 1.54) is 4.31 Å². The van der Waals surface area contributed by atoms with E-state index >= 15 is 0 Å². The number of anilines is 1. The van der Waals surface area contributed by atoms with Crippen LogP contribution in [0.5, 0.6) is 0 Å². The summed E-state index contributed by atoms with van der Waals surface area (Å²) >= 11 is 0. The Morgan fingerprint density at radius 1 is 1.22 bits per heavy atom. The molecule has 1 heterocycles. The molecule has 1 atom stereocenters. The maximum atomic E-state index is 12.7. The first-order valence-corrected chi connectivity index (χ1v) is 10.8. The summed E-state index contributed by atoms with van der Waals surface area (Å²) in [6.45, 7) is 7.89. The second-order valence-corrected chi connectivity index (χ2v) is 10.1. The molecule has 7 nitrogen and oxygen atoms in total. The number of amides is 2. The third-order valence-corrected chi connectivity index (χ3v) is 6.28. The van der Waals surface area contributed by atoms with Crippen molar-refractivity contribution in [3.05, 3.63) is 29.8 Å². The zero-order valence-corrected chi connectivity index (χ0v) is 17.2. The van der Waals surface area contributed by atoms with E-state index in [1.807, 2.05) is 20.8 Å². The van der Waals surface area contributed by atoms with Crippen LogP contribution in [-0.2, 0) is 14.8 Å². The van der Waals surface area contributed by atoms with Crippen LogP contribution in [0.3, 0.4) is 0 Å². The predicted molar refractivity (Wildman–Crippen MR) is 106 cm³/mol. The minimum atomic E-state index is -3.31. The van der Waals surface area contributed by atoms with Crippen molar-refractivity contribution < 1.29 is 18.0 Å². The number of carbonyl (C=O) groups is 2. The number of hydrogen-bond acceptors (Lipinski definition) is 4. The van der Waals surface area contributed by atoms with Crippen LogP contribution in [0.1, 0.15) is 50.9 Å². The number of sulfonamides is 1. The minimum Gasteiger partial charge on any atom is -0.347 e. The maximum Gasteiger partial charge on any atom is 0.253 e. The molecule has 1 saturated heterocycles. The third-order valence-electron chi connectivity index (χ3n) is 4.43. The summed E-state index contributed by atoms with van der Waals surface area (Å²) in [4.78, 5) is 25.2. The fourth-order valence-corrected chi connectivity index (χ4v) is 4.20. The number of para-hydroxylation sites is 1. The molecule has 0 aromatic heterocycles. The first-order valence-electron chi connectivity index (χ1n) is 9.23. The molecular formula is C19H29N3O4S. The molecule has 27 heavy (non-hydrogen) atoms. The van der Waals surface area contributed by atoms with Crippen LogP contribution in [0.15, 0.2) is 24.3 Å². The largest absolute Gasteiger partial charge is 0.347 e. The molecule has 0 bridgehead atoms. The molecule has 0 saturated carbocycles. The fourth-order valence-electron chi connectivity index (χ4n) is 3.02. The number of carbonyl (C=O) groups excluding carboxylic acids is 2. The number of nitrogens with zero attached hydrogens (tertiary/aromatic N) is 1. The van der Waals surface area contributed by atoms with Gasteiger partial charge in [-0.25, -0.2) is 12.7 Å². The lowest BCUT2D eigenvalue weighted by molar-refractivity contribution is -0.120. The summed E-state index contributed by atoms with van der Waals surface area (Å²) < 4.78 is 25.6. The first kappa shape index (κ1) is 21.4. The van der Waals surface area contributed by atoms with Crippen molar-refractivity contribution in [2.45, 2.75) is 46.1 Å². The van der Waals surface area contributed by atoms with Gasteiger partial charge in [-0.05, 0) is 52.7 Å². The van der Waals surface area contributed by atoms with Crippen LogP contribution in [0.2, 0.25) is 0 Å². The smallest absolute Gasteiger partial charge is 0.253 e. The summed E-state index contributed by atoms with van der Waals surface area (Å²) in [7, 11) is -3.31. The lowest BCUT2D eigenvalue weighted by atomic mass is 9.98. The quantitative estimate of drug-likeness (QED) is 0.799. The molecule has 150 valence electrons.